The van der Waals surface area contributed by atoms with E-state index in [1.54, 1.807) is 32.2 Å². The van der Waals surface area contributed by atoms with Gasteiger partial charge in [-0.15, -0.1) is 0 Å². The van der Waals surface area contributed by atoms with Crippen LogP contribution in [0.3, 0.4) is 0 Å². The van der Waals surface area contributed by atoms with Gasteiger partial charge >= 0.3 is 0 Å². The van der Waals surface area contributed by atoms with Crippen LogP contribution < -0.4 is 10.3 Å². The van der Waals surface area contributed by atoms with E-state index in [2.05, 4.69) is 9.97 Å². The van der Waals surface area contributed by atoms with Gasteiger partial charge in [-0.2, -0.15) is 0 Å². The first-order valence-electron chi connectivity index (χ1n) is 7.85. The van der Waals surface area contributed by atoms with E-state index in [0.29, 0.717) is 17.4 Å². The molecule has 0 fully saturated rings. The fraction of sp³-hybridized carbons (Fsp3) is 0.167. The topological polar surface area (TPSA) is 57.0 Å². The molecule has 0 aliphatic heterocycles. The lowest BCUT2D eigenvalue weighted by molar-refractivity contribution is 0.274. The molecule has 3 rings (SSSR count). The Morgan fingerprint density at radius 2 is 1.89 bits per heavy atom. The van der Waals surface area contributed by atoms with Gasteiger partial charge < -0.3 is 4.74 Å². The Balaban J connectivity index is 1.95. The van der Waals surface area contributed by atoms with Crippen molar-refractivity contribution < 1.29 is 13.5 Å². The van der Waals surface area contributed by atoms with Crippen LogP contribution in [0.1, 0.15) is 23.0 Å². The maximum absolute atomic E-state index is 13.8. The van der Waals surface area contributed by atoms with Crippen molar-refractivity contribution in [1.82, 2.24) is 14.5 Å². The van der Waals surface area contributed by atoms with Gasteiger partial charge in [0.25, 0.3) is 5.56 Å². The van der Waals surface area contributed by atoms with Gasteiger partial charge in [0.05, 0.1) is 17.9 Å². The van der Waals surface area contributed by atoms with E-state index in [0.717, 1.165) is 11.8 Å². The molecule has 27 heavy (non-hydrogen) atoms. The van der Waals surface area contributed by atoms with Crippen LogP contribution in [0.5, 0.6) is 5.75 Å². The minimum atomic E-state index is -1.31. The van der Waals surface area contributed by atoms with Crippen molar-refractivity contribution in [3.05, 3.63) is 80.8 Å². The highest BCUT2D eigenvalue weighted by Crippen LogP contribution is 2.23. The fourth-order valence-corrected chi connectivity index (χ4v) is 2.77. The molecule has 0 aromatic carbocycles. The van der Waals surface area contributed by atoms with Crippen LogP contribution in [-0.2, 0) is 0 Å². The first-order valence-corrected chi connectivity index (χ1v) is 8.23. The first kappa shape index (κ1) is 19.0. The molecule has 1 unspecified atom stereocenters. The van der Waals surface area contributed by atoms with E-state index in [9.17, 15) is 13.6 Å². The van der Waals surface area contributed by atoms with Crippen LogP contribution in [0.15, 0.2) is 41.5 Å². The molecule has 0 N–H and O–H groups in total. The molecule has 3 heterocycles. The third kappa shape index (κ3) is 4.00. The highest BCUT2D eigenvalue weighted by atomic mass is 35.5. The molecule has 136 valence electrons. The van der Waals surface area contributed by atoms with Gasteiger partial charge in [-0.25, -0.2) is 13.8 Å². The van der Waals surface area contributed by atoms with E-state index >= 15 is 0 Å². The van der Waals surface area contributed by atoms with Gasteiger partial charge in [-0.05, 0) is 25.5 Å². The van der Waals surface area contributed by atoms with Crippen molar-refractivity contribution in [2.75, 3.05) is 0 Å². The van der Waals surface area contributed by atoms with Gasteiger partial charge in [-0.3, -0.25) is 14.3 Å². The quantitative estimate of drug-likeness (QED) is 0.508. The van der Waals surface area contributed by atoms with Crippen LogP contribution in [0, 0.1) is 25.5 Å². The lowest BCUT2D eigenvalue weighted by atomic mass is 9.95. The van der Waals surface area contributed by atoms with E-state index in [-0.39, 0.29) is 16.6 Å². The Kier molecular flexibility index (Phi) is 5.27. The van der Waals surface area contributed by atoms with E-state index in [1.807, 2.05) is 0 Å². The largest absolute Gasteiger partial charge is 0.494 e. The molecule has 3 aromatic heterocycles. The maximum Gasteiger partial charge on any atom is 0.259 e. The molecule has 0 bridgehead atoms. The Hall–Kier alpha value is -2.74. The predicted octanol–water partition coefficient (Wildman–Crippen LogP) is 3.42. The van der Waals surface area contributed by atoms with Gasteiger partial charge in [-0.1, -0.05) is 11.6 Å². The van der Waals surface area contributed by atoms with E-state index in [1.165, 1.54) is 10.6 Å². The van der Waals surface area contributed by atoms with Gasteiger partial charge in [0, 0.05) is 30.1 Å². The molecule has 0 saturated carbocycles. The van der Waals surface area contributed by atoms with Crippen molar-refractivity contribution in [2.24, 2.45) is 0 Å². The lowest BCUT2D eigenvalue weighted by Crippen LogP contribution is -2.22. The minimum Gasteiger partial charge on any atom is -0.494 e. The molecule has 0 saturated heterocycles. The zero-order chi connectivity index (χ0) is 19.7. The van der Waals surface area contributed by atoms with E-state index in [4.69, 9.17) is 24.2 Å². The monoisotopic (exact) mass is 387 g/mol. The molecule has 0 spiro atoms. The molecule has 1 atom stereocenters. The van der Waals surface area contributed by atoms with Crippen molar-refractivity contribution >= 4 is 19.4 Å². The van der Waals surface area contributed by atoms with Crippen molar-refractivity contribution in [2.45, 2.75) is 19.9 Å². The fourth-order valence-electron chi connectivity index (χ4n) is 2.62. The number of aromatic nitrogens is 3. The molecular formula is C18H13BClF2N3O2. The summed E-state index contributed by atoms with van der Waals surface area (Å²) in [5, 5.41) is 0.252. The Labute approximate surface area is 160 Å². The SMILES string of the molecule is [B]C(Oc1cc(C)n(-c2cc(Cl)ncc2C)c(=O)c1)c1ncc(F)cc1F. The van der Waals surface area contributed by atoms with Crippen LogP contribution in [0.25, 0.3) is 5.69 Å². The number of nitrogens with zero attached hydrogens (tertiary/aromatic N) is 3. The molecule has 5 nitrogen and oxygen atoms in total. The summed E-state index contributed by atoms with van der Waals surface area (Å²) in [5.41, 5.74) is 1.22. The molecular weight excluding hydrogens is 374 g/mol. The van der Waals surface area contributed by atoms with Crippen LogP contribution in [0.4, 0.5) is 8.78 Å². The minimum absolute atomic E-state index is 0.129. The van der Waals surface area contributed by atoms with Crippen molar-refractivity contribution in [1.29, 1.82) is 0 Å². The smallest absolute Gasteiger partial charge is 0.259 e. The molecule has 9 heteroatoms. The average Bonchev–Trinajstić information content (AvgIpc) is 2.57. The number of aryl methyl sites for hydroxylation is 2. The van der Waals surface area contributed by atoms with E-state index < -0.39 is 23.2 Å². The maximum atomic E-state index is 13.8. The second kappa shape index (κ2) is 7.48. The number of rotatable bonds is 4. The zero-order valence-electron chi connectivity index (χ0n) is 14.4. The third-order valence-electron chi connectivity index (χ3n) is 3.84. The number of ether oxygens (including phenoxy) is 1. The normalized spacial score (nSPS) is 12.0. The highest BCUT2D eigenvalue weighted by Gasteiger charge is 2.16. The Morgan fingerprint density at radius 3 is 2.56 bits per heavy atom. The number of pyridine rings is 3. The summed E-state index contributed by atoms with van der Waals surface area (Å²) in [5.74, 6) is -1.63. The van der Waals surface area contributed by atoms with Crippen LogP contribution in [-0.4, -0.2) is 22.4 Å². The summed E-state index contributed by atoms with van der Waals surface area (Å²) >= 11 is 5.93. The number of halogens is 3. The van der Waals surface area contributed by atoms with Crippen molar-refractivity contribution in [3.8, 4) is 11.4 Å². The summed E-state index contributed by atoms with van der Waals surface area (Å²) in [4.78, 5) is 20.2. The number of hydrogen-bond donors (Lipinski definition) is 0. The second-order valence-corrected chi connectivity index (χ2v) is 6.25. The summed E-state index contributed by atoms with van der Waals surface area (Å²) in [6.07, 6.45) is 2.40. The summed E-state index contributed by atoms with van der Waals surface area (Å²) in [6, 6.07) is 3.70. The lowest BCUT2D eigenvalue weighted by Gasteiger charge is -2.18. The Morgan fingerprint density at radius 1 is 1.15 bits per heavy atom. The third-order valence-corrected chi connectivity index (χ3v) is 4.05. The average molecular weight is 388 g/mol. The molecule has 0 aliphatic rings. The highest BCUT2D eigenvalue weighted by molar-refractivity contribution is 6.29. The molecule has 0 amide bonds. The second-order valence-electron chi connectivity index (χ2n) is 5.86. The van der Waals surface area contributed by atoms with Crippen LogP contribution >= 0.6 is 11.6 Å². The van der Waals surface area contributed by atoms with Gasteiger partial charge in [0.2, 0.25) is 0 Å². The van der Waals surface area contributed by atoms with Gasteiger partial charge in [0.15, 0.2) is 5.82 Å². The predicted molar refractivity (Wildman–Crippen MR) is 97.6 cm³/mol. The summed E-state index contributed by atoms with van der Waals surface area (Å²) in [6.45, 7) is 3.50. The first-order chi connectivity index (χ1) is 12.8. The van der Waals surface area contributed by atoms with Gasteiger partial charge in [0.1, 0.15) is 30.3 Å². The van der Waals surface area contributed by atoms with Crippen LogP contribution in [0.2, 0.25) is 5.15 Å². The van der Waals surface area contributed by atoms with Crippen molar-refractivity contribution in [3.63, 3.8) is 0 Å². The Bertz CT molecular complexity index is 1070. The molecule has 2 radical (unpaired) electrons. The summed E-state index contributed by atoms with van der Waals surface area (Å²) < 4.78 is 33.6. The standard InChI is InChI=1S/C18H13BClF2N3O2/c1-9-7-23-15(20)6-14(9)25-10(2)3-12(5-16(25)26)27-18(19)17-13(22)4-11(21)8-24-17/h3-8,18H,1-2H3. The molecule has 0 aliphatic carbocycles. The molecule has 3 aromatic rings. The summed E-state index contributed by atoms with van der Waals surface area (Å²) in [7, 11) is 5.79. The zero-order valence-corrected chi connectivity index (χ0v) is 15.2. The number of hydrogen-bond acceptors (Lipinski definition) is 4.